The molecule has 0 bridgehead atoms. The zero-order valence-electron chi connectivity index (χ0n) is 23.0. The maximum Gasteiger partial charge on any atom is 0.322 e. The van der Waals surface area contributed by atoms with E-state index in [1.165, 1.54) is 21.8 Å². The zero-order chi connectivity index (χ0) is 27.8. The first-order valence-corrected chi connectivity index (χ1v) is 9.47. The number of amides is 2. The van der Waals surface area contributed by atoms with E-state index in [1.54, 1.807) is 0 Å². The lowest BCUT2D eigenvalue weighted by molar-refractivity contribution is 0.176. The molecule has 2 aromatic heterocycles. The van der Waals surface area contributed by atoms with Crippen LogP contribution < -0.4 is 10.2 Å². The van der Waals surface area contributed by atoms with Crippen molar-refractivity contribution in [3.8, 4) is 0 Å². The monoisotopic (exact) mass is 435 g/mol. The van der Waals surface area contributed by atoms with Crippen molar-refractivity contribution in [2.24, 2.45) is 0 Å². The summed E-state index contributed by atoms with van der Waals surface area (Å²) in [5.74, 6) is -2.76. The smallest absolute Gasteiger partial charge is 0.322 e. The number of rotatable bonds is 3. The number of urea groups is 1. The highest BCUT2D eigenvalue weighted by atomic mass is 19.1. The molecule has 2 atom stereocenters. The molecule has 2 aliphatic rings. The number of carbonyl (C=O) groups excluding carboxylic acids is 1. The van der Waals surface area contributed by atoms with Gasteiger partial charge in [0.05, 0.1) is 19.7 Å². The van der Waals surface area contributed by atoms with Gasteiger partial charge in [0, 0.05) is 39.6 Å². The van der Waals surface area contributed by atoms with Crippen LogP contribution in [-0.4, -0.2) is 56.3 Å². The maximum absolute atomic E-state index is 15.0. The lowest BCUT2D eigenvalue weighted by atomic mass is 10.0. The standard InChI is InChI=1S/C21H22F2N6O2/c22-13-3-4-16(23)15(10-13)18-2-1-7-28(18)19-6-9-29-20(26-19)17(11-24-29)25-21(31)27-8-5-14(30)12-27/h3-4,6,9-11,14,18,30H,1-2,5,7-8,12H2,(H,25,31)/t14-,18+/m0/s1/i1D2,2D2,7D2,18D. The van der Waals surface area contributed by atoms with Crippen molar-refractivity contribution < 1.29 is 28.3 Å². The van der Waals surface area contributed by atoms with Crippen LogP contribution in [0.2, 0.25) is 0 Å². The van der Waals surface area contributed by atoms with Crippen molar-refractivity contribution in [1.29, 1.82) is 0 Å². The SMILES string of the molecule is [2H]C1([2H])N(c2ccn3ncc(NC(=O)N4CC[C@H](O)C4)c3n2)[C@@]([2H])(c2cc(F)ccc2F)C([2H])([2H])C1([2H])[2H]. The largest absolute Gasteiger partial charge is 0.391 e. The van der Waals surface area contributed by atoms with Gasteiger partial charge in [0.15, 0.2) is 5.65 Å². The Kier molecular flexibility index (Phi) is 3.31. The average Bonchev–Trinajstić information content (AvgIpc) is 3.47. The molecule has 0 aliphatic carbocycles. The van der Waals surface area contributed by atoms with Gasteiger partial charge in [-0.15, -0.1) is 0 Å². The van der Waals surface area contributed by atoms with Crippen LogP contribution in [0.15, 0.2) is 36.7 Å². The van der Waals surface area contributed by atoms with E-state index in [4.69, 9.17) is 9.60 Å². The number of aromatic nitrogens is 3. The summed E-state index contributed by atoms with van der Waals surface area (Å²) >= 11 is 0. The summed E-state index contributed by atoms with van der Waals surface area (Å²) in [6.07, 6.45) is -4.57. The second-order valence-corrected chi connectivity index (χ2v) is 7.10. The third-order valence-electron chi connectivity index (χ3n) is 5.03. The number of aliphatic hydroxyl groups is 1. The van der Waals surface area contributed by atoms with E-state index in [2.05, 4.69) is 15.4 Å². The van der Waals surface area contributed by atoms with Crippen LogP contribution in [0, 0.1) is 11.6 Å². The molecule has 31 heavy (non-hydrogen) atoms. The Balaban J connectivity index is 1.65. The number of nitrogens with one attached hydrogen (secondary N) is 1. The van der Waals surface area contributed by atoms with Gasteiger partial charge in [0.1, 0.15) is 23.1 Å². The van der Waals surface area contributed by atoms with Gasteiger partial charge in [-0.1, -0.05) is 0 Å². The summed E-state index contributed by atoms with van der Waals surface area (Å²) in [6, 6.07) is -0.687. The van der Waals surface area contributed by atoms with E-state index >= 15 is 0 Å². The molecular formula is C21H22F2N6O2. The Bertz CT molecular complexity index is 1440. The molecule has 4 heterocycles. The fourth-order valence-corrected chi connectivity index (χ4v) is 3.49. The molecule has 2 amide bonds. The Hall–Kier alpha value is -3.27. The van der Waals surface area contributed by atoms with E-state index in [9.17, 15) is 18.7 Å². The minimum absolute atomic E-state index is 0.0523. The summed E-state index contributed by atoms with van der Waals surface area (Å²) < 4.78 is 89.9. The van der Waals surface area contributed by atoms with Crippen molar-refractivity contribution in [3.63, 3.8) is 0 Å². The molecule has 0 radical (unpaired) electrons. The summed E-state index contributed by atoms with van der Waals surface area (Å²) in [6.45, 7) is -2.86. The van der Waals surface area contributed by atoms with E-state index in [1.807, 2.05) is 0 Å². The van der Waals surface area contributed by atoms with Gasteiger partial charge >= 0.3 is 6.03 Å². The number of benzene rings is 1. The van der Waals surface area contributed by atoms with E-state index in [0.29, 0.717) is 30.0 Å². The first-order chi connectivity index (χ1) is 17.6. The lowest BCUT2D eigenvalue weighted by Gasteiger charge is -2.26. The minimum atomic E-state index is -3.42. The quantitative estimate of drug-likeness (QED) is 0.661. The summed E-state index contributed by atoms with van der Waals surface area (Å²) in [5.41, 5.74) is -0.943. The predicted molar refractivity (Wildman–Crippen MR) is 110 cm³/mol. The van der Waals surface area contributed by atoms with E-state index in [-0.39, 0.29) is 17.9 Å². The first kappa shape index (κ1) is 13.2. The van der Waals surface area contributed by atoms with Gasteiger partial charge in [0.2, 0.25) is 0 Å². The molecule has 162 valence electrons. The number of aliphatic hydroxyl groups excluding tert-OH is 1. The molecular weight excluding hydrogens is 406 g/mol. The fourth-order valence-electron chi connectivity index (χ4n) is 3.49. The highest BCUT2D eigenvalue weighted by Gasteiger charge is 2.30. The third-order valence-corrected chi connectivity index (χ3v) is 5.03. The number of halogens is 2. The minimum Gasteiger partial charge on any atom is -0.391 e. The number of nitrogens with zero attached hydrogens (tertiary/aromatic N) is 5. The van der Waals surface area contributed by atoms with Crippen molar-refractivity contribution in [2.75, 3.05) is 29.8 Å². The van der Waals surface area contributed by atoms with Crippen molar-refractivity contribution in [3.05, 3.63) is 53.9 Å². The summed E-state index contributed by atoms with van der Waals surface area (Å²) in [5, 5.41) is 16.3. The third kappa shape index (κ3) is 3.67. The molecule has 10 heteroatoms. The molecule has 0 spiro atoms. The number of fused-ring (bicyclic) bond motifs is 1. The second-order valence-electron chi connectivity index (χ2n) is 7.10. The number of carbonyl (C=O) groups is 1. The van der Waals surface area contributed by atoms with Gasteiger partial charge in [-0.2, -0.15) is 5.10 Å². The highest BCUT2D eigenvalue weighted by molar-refractivity contribution is 5.93. The molecule has 3 aromatic rings. The summed E-state index contributed by atoms with van der Waals surface area (Å²) in [7, 11) is 0. The van der Waals surface area contributed by atoms with Crippen molar-refractivity contribution >= 4 is 23.2 Å². The summed E-state index contributed by atoms with van der Waals surface area (Å²) in [4.78, 5) is 18.6. The van der Waals surface area contributed by atoms with Gasteiger partial charge < -0.3 is 20.2 Å². The molecule has 5 rings (SSSR count). The number of hydrogen-bond donors (Lipinski definition) is 2. The van der Waals surface area contributed by atoms with Gasteiger partial charge in [-0.05, 0) is 43.4 Å². The molecule has 0 saturated carbocycles. The Morgan fingerprint density at radius 2 is 2.23 bits per heavy atom. The molecule has 2 saturated heterocycles. The molecule has 0 unspecified atom stereocenters. The van der Waals surface area contributed by atoms with Gasteiger partial charge in [-0.25, -0.2) is 23.1 Å². The van der Waals surface area contributed by atoms with Crippen LogP contribution in [0.4, 0.5) is 25.1 Å². The number of hydrogen-bond acceptors (Lipinski definition) is 5. The zero-order valence-corrected chi connectivity index (χ0v) is 16.0. The Labute approximate surface area is 186 Å². The molecule has 1 aromatic carbocycles. The number of likely N-dealkylation sites (tertiary alicyclic amines) is 1. The molecule has 2 N–H and O–H groups in total. The topological polar surface area (TPSA) is 86.0 Å². The van der Waals surface area contributed by atoms with Crippen LogP contribution in [0.1, 0.15) is 40.3 Å². The van der Waals surface area contributed by atoms with Crippen LogP contribution >= 0.6 is 0 Å². The normalized spacial score (nSPS) is 31.8. The van der Waals surface area contributed by atoms with Gasteiger partial charge in [0.25, 0.3) is 0 Å². The van der Waals surface area contributed by atoms with Crippen LogP contribution in [-0.2, 0) is 0 Å². The van der Waals surface area contributed by atoms with Crippen LogP contribution in [0.25, 0.3) is 5.65 Å². The average molecular weight is 435 g/mol. The number of β-amino-alcohol motifs (C(OH)–C–C–N with tert-alkyl or cyclic N) is 1. The Morgan fingerprint density at radius 1 is 1.35 bits per heavy atom. The van der Waals surface area contributed by atoms with E-state index < -0.39 is 60.4 Å². The van der Waals surface area contributed by atoms with Crippen LogP contribution in [0.3, 0.4) is 0 Å². The van der Waals surface area contributed by atoms with Crippen molar-refractivity contribution in [2.45, 2.75) is 31.3 Å². The maximum atomic E-state index is 15.0. The highest BCUT2D eigenvalue weighted by Crippen LogP contribution is 2.37. The second kappa shape index (κ2) is 7.77. The molecule has 2 fully saturated rings. The predicted octanol–water partition coefficient (Wildman–Crippen LogP) is 2.95. The molecule has 8 nitrogen and oxygen atoms in total. The Morgan fingerprint density at radius 3 is 3.03 bits per heavy atom. The fraction of sp³-hybridized carbons (Fsp3) is 0.381. The molecule has 2 aliphatic heterocycles. The first-order valence-electron chi connectivity index (χ1n) is 13.0. The van der Waals surface area contributed by atoms with Crippen LogP contribution in [0.5, 0.6) is 0 Å². The lowest BCUT2D eigenvalue weighted by Crippen LogP contribution is -2.33. The van der Waals surface area contributed by atoms with E-state index in [0.717, 1.165) is 12.1 Å². The van der Waals surface area contributed by atoms with Gasteiger partial charge in [-0.3, -0.25) is 0 Å². The number of anilines is 2. The van der Waals surface area contributed by atoms with Crippen molar-refractivity contribution in [1.82, 2.24) is 19.5 Å².